The molecule has 1 atom stereocenters. The van der Waals surface area contributed by atoms with Crippen molar-refractivity contribution in [2.24, 2.45) is 18.4 Å². The molecule has 2 aromatic rings. The van der Waals surface area contributed by atoms with Gasteiger partial charge in [0.2, 0.25) is 5.52 Å². The van der Waals surface area contributed by atoms with Gasteiger partial charge in [0.1, 0.15) is 0 Å². The highest BCUT2D eigenvalue weighted by Gasteiger charge is 2.33. The van der Waals surface area contributed by atoms with Crippen LogP contribution in [0.1, 0.15) is 72.6 Å². The van der Waals surface area contributed by atoms with Crippen molar-refractivity contribution >= 4 is 17.0 Å². The standard InChI is InChI=1S/C26H40N5.ClH/c1-19(12-13-22-21(3)11-8-15-26(22,4)5)9-7-10-20(2)14-16-31-18-30(6)25-23(31)24(27)28-17-29-25;/h9,14,17-18,22H,3,7-8,10-13,15-16H2,1-2,4-6H3,(H2,27,28,29);1H/q+1;/p-1/b19-9+,20-14+;/t22-;/m0./s1. The van der Waals surface area contributed by atoms with Crippen molar-refractivity contribution in [1.29, 1.82) is 0 Å². The van der Waals surface area contributed by atoms with E-state index in [1.165, 1.54) is 55.2 Å². The van der Waals surface area contributed by atoms with Gasteiger partial charge in [-0.15, -0.1) is 0 Å². The zero-order chi connectivity index (χ0) is 22.6. The number of halogens is 1. The molecular formula is C26H40ClN5. The van der Waals surface area contributed by atoms with E-state index in [0.717, 1.165) is 30.6 Å². The Hall–Kier alpha value is -2.14. The van der Waals surface area contributed by atoms with Gasteiger partial charge >= 0.3 is 5.65 Å². The summed E-state index contributed by atoms with van der Waals surface area (Å²) in [5.74, 6) is 1.19. The van der Waals surface area contributed by atoms with Gasteiger partial charge in [0.05, 0.1) is 13.6 Å². The summed E-state index contributed by atoms with van der Waals surface area (Å²) in [6, 6.07) is 0. The molecule has 0 amide bonds. The predicted octanol–water partition coefficient (Wildman–Crippen LogP) is 2.68. The maximum Gasteiger partial charge on any atom is 0.307 e. The number of nitrogens with two attached hydrogens (primary N) is 1. The first kappa shape index (κ1) is 26.1. The lowest BCUT2D eigenvalue weighted by Crippen LogP contribution is -3.00. The monoisotopic (exact) mass is 457 g/mol. The van der Waals surface area contributed by atoms with E-state index < -0.39 is 0 Å². The highest BCUT2D eigenvalue weighted by molar-refractivity contribution is 5.79. The van der Waals surface area contributed by atoms with E-state index in [1.807, 2.05) is 17.9 Å². The molecule has 32 heavy (non-hydrogen) atoms. The van der Waals surface area contributed by atoms with Crippen LogP contribution in [0.3, 0.4) is 0 Å². The third-order valence-electron chi connectivity index (χ3n) is 7.02. The molecule has 0 radical (unpaired) electrons. The van der Waals surface area contributed by atoms with Gasteiger partial charge in [0, 0.05) is 0 Å². The molecule has 1 fully saturated rings. The van der Waals surface area contributed by atoms with Crippen LogP contribution in [-0.4, -0.2) is 14.5 Å². The number of hydrogen-bond acceptors (Lipinski definition) is 3. The van der Waals surface area contributed by atoms with E-state index in [4.69, 9.17) is 5.73 Å². The second-order valence-electron chi connectivity index (χ2n) is 10.0. The molecule has 0 bridgehead atoms. The van der Waals surface area contributed by atoms with Gasteiger partial charge in [0.15, 0.2) is 18.5 Å². The Morgan fingerprint density at radius 2 is 1.97 bits per heavy atom. The predicted molar refractivity (Wildman–Crippen MR) is 129 cm³/mol. The summed E-state index contributed by atoms with van der Waals surface area (Å²) in [6.45, 7) is 14.5. The number of nitrogens with zero attached hydrogens (tertiary/aromatic N) is 4. The fraction of sp³-hybridized carbons (Fsp3) is 0.577. The summed E-state index contributed by atoms with van der Waals surface area (Å²) in [4.78, 5) is 8.48. The first-order valence-corrected chi connectivity index (χ1v) is 11.6. The minimum Gasteiger partial charge on any atom is -1.00 e. The average molecular weight is 458 g/mol. The zero-order valence-electron chi connectivity index (χ0n) is 20.5. The smallest absolute Gasteiger partial charge is 0.307 e. The lowest BCUT2D eigenvalue weighted by molar-refractivity contribution is -0.647. The molecule has 2 N–H and O–H groups in total. The van der Waals surface area contributed by atoms with Gasteiger partial charge in [0.25, 0.3) is 0 Å². The summed E-state index contributed by atoms with van der Waals surface area (Å²) >= 11 is 0. The minimum atomic E-state index is 0. The summed E-state index contributed by atoms with van der Waals surface area (Å²) < 4.78 is 4.11. The van der Waals surface area contributed by atoms with Gasteiger partial charge in [-0.25, -0.2) is 4.57 Å². The van der Waals surface area contributed by atoms with Gasteiger partial charge < -0.3 is 18.1 Å². The Kier molecular flexibility index (Phi) is 9.08. The molecule has 176 valence electrons. The highest BCUT2D eigenvalue weighted by atomic mass is 35.5. The summed E-state index contributed by atoms with van der Waals surface area (Å²) in [6.07, 6.45) is 16.7. The minimum absolute atomic E-state index is 0. The Bertz CT molecular complexity index is 999. The second-order valence-corrected chi connectivity index (χ2v) is 10.0. The van der Waals surface area contributed by atoms with Crippen LogP contribution in [0.4, 0.5) is 5.82 Å². The van der Waals surface area contributed by atoms with Crippen LogP contribution in [0, 0.1) is 11.3 Å². The molecule has 0 aromatic carbocycles. The summed E-state index contributed by atoms with van der Waals surface area (Å²) in [5.41, 5.74) is 12.6. The molecule has 3 rings (SSSR count). The molecule has 0 spiro atoms. The third-order valence-corrected chi connectivity index (χ3v) is 7.02. The maximum absolute atomic E-state index is 6.08. The van der Waals surface area contributed by atoms with Crippen LogP contribution in [0.15, 0.2) is 48.1 Å². The quantitative estimate of drug-likeness (QED) is 0.489. The number of rotatable bonds is 8. The number of allylic oxidation sites excluding steroid dienone is 5. The first-order chi connectivity index (χ1) is 14.7. The Morgan fingerprint density at radius 1 is 1.25 bits per heavy atom. The van der Waals surface area contributed by atoms with Crippen molar-refractivity contribution in [2.45, 2.75) is 79.2 Å². The van der Waals surface area contributed by atoms with E-state index in [1.54, 1.807) is 0 Å². The van der Waals surface area contributed by atoms with E-state index in [0.29, 0.717) is 17.2 Å². The van der Waals surface area contributed by atoms with Crippen molar-refractivity contribution in [2.75, 3.05) is 5.73 Å². The third kappa shape index (κ3) is 6.22. The normalized spacial score (nSPS) is 19.3. The summed E-state index contributed by atoms with van der Waals surface area (Å²) in [5, 5.41) is 0. The van der Waals surface area contributed by atoms with Crippen molar-refractivity contribution in [3.63, 3.8) is 0 Å². The van der Waals surface area contributed by atoms with E-state index in [-0.39, 0.29) is 12.4 Å². The Morgan fingerprint density at radius 3 is 2.69 bits per heavy atom. The molecule has 1 aliphatic rings. The van der Waals surface area contributed by atoms with E-state index in [9.17, 15) is 0 Å². The van der Waals surface area contributed by atoms with Crippen LogP contribution < -0.4 is 22.7 Å². The second kappa shape index (κ2) is 11.1. The van der Waals surface area contributed by atoms with Gasteiger partial charge in [-0.3, -0.25) is 4.57 Å². The largest absolute Gasteiger partial charge is 1.00 e. The lowest BCUT2D eigenvalue weighted by atomic mass is 9.65. The number of hydrogen-bond donors (Lipinski definition) is 1. The summed E-state index contributed by atoms with van der Waals surface area (Å²) in [7, 11) is 1.99. The van der Waals surface area contributed by atoms with Crippen molar-refractivity contribution in [1.82, 2.24) is 14.5 Å². The number of imidazole rings is 1. The molecule has 0 aliphatic heterocycles. The molecular weight excluding hydrogens is 418 g/mol. The molecule has 5 nitrogen and oxygen atoms in total. The average Bonchev–Trinajstić information content (AvgIpc) is 3.02. The number of anilines is 1. The van der Waals surface area contributed by atoms with Crippen LogP contribution in [0.25, 0.3) is 11.2 Å². The van der Waals surface area contributed by atoms with Gasteiger partial charge in [-0.1, -0.05) is 54.3 Å². The van der Waals surface area contributed by atoms with Crippen molar-refractivity contribution in [3.05, 3.63) is 48.1 Å². The van der Waals surface area contributed by atoms with Gasteiger partial charge in [-0.2, -0.15) is 4.98 Å². The number of aryl methyl sites for hydroxylation is 1. The number of aromatic nitrogens is 4. The molecule has 0 saturated heterocycles. The Labute approximate surface area is 199 Å². The SMILES string of the molecule is C=C1CCCC(C)(C)[C@H]1CC/C(C)=C/CC/C(C)=C/Cn1c[n+](C)c2ncnc(N)c21.[Cl-]. The maximum atomic E-state index is 6.08. The highest BCUT2D eigenvalue weighted by Crippen LogP contribution is 2.45. The van der Waals surface area contributed by atoms with Crippen LogP contribution >= 0.6 is 0 Å². The van der Waals surface area contributed by atoms with E-state index >= 15 is 0 Å². The number of fused-ring (bicyclic) bond motifs is 1. The van der Waals surface area contributed by atoms with Crippen LogP contribution in [-0.2, 0) is 13.6 Å². The molecule has 1 aliphatic carbocycles. The first-order valence-electron chi connectivity index (χ1n) is 11.6. The Balaban J connectivity index is 0.00000363. The van der Waals surface area contributed by atoms with E-state index in [2.05, 4.69) is 61.0 Å². The lowest BCUT2D eigenvalue weighted by Gasteiger charge is -2.40. The topological polar surface area (TPSA) is 60.6 Å². The van der Waals surface area contributed by atoms with Gasteiger partial charge in [-0.05, 0) is 70.1 Å². The van der Waals surface area contributed by atoms with Crippen LogP contribution in [0.5, 0.6) is 0 Å². The van der Waals surface area contributed by atoms with Crippen molar-refractivity contribution < 1.29 is 17.0 Å². The fourth-order valence-corrected chi connectivity index (χ4v) is 5.02. The van der Waals surface area contributed by atoms with Crippen LogP contribution in [0.2, 0.25) is 0 Å². The molecule has 0 unspecified atom stereocenters. The molecule has 6 heteroatoms. The zero-order valence-corrected chi connectivity index (χ0v) is 21.3. The van der Waals surface area contributed by atoms with Crippen molar-refractivity contribution in [3.8, 4) is 0 Å². The molecule has 1 saturated carbocycles. The number of nitrogen functional groups attached to an aromatic ring is 1. The molecule has 2 heterocycles. The fourth-order valence-electron chi connectivity index (χ4n) is 5.02. The molecule has 2 aromatic heterocycles.